The summed E-state index contributed by atoms with van der Waals surface area (Å²) >= 11 is 0. The summed E-state index contributed by atoms with van der Waals surface area (Å²) in [4.78, 5) is 21.9. The van der Waals surface area contributed by atoms with Gasteiger partial charge in [0.15, 0.2) is 0 Å². The summed E-state index contributed by atoms with van der Waals surface area (Å²) in [6.07, 6.45) is 5.00. The van der Waals surface area contributed by atoms with E-state index in [1.165, 1.54) is 6.42 Å². The summed E-state index contributed by atoms with van der Waals surface area (Å²) in [5.74, 6) is -1.44. The predicted octanol–water partition coefficient (Wildman–Crippen LogP) is 1.75. The number of hydrogen-bond acceptors (Lipinski definition) is 3. The number of carbonyl (C=O) groups excluding carboxylic acids is 1. The van der Waals surface area contributed by atoms with E-state index in [1.54, 1.807) is 0 Å². The van der Waals surface area contributed by atoms with Crippen LogP contribution in [-0.2, 0) is 14.3 Å². The molecule has 0 aromatic heterocycles. The maximum absolute atomic E-state index is 11.5. The van der Waals surface area contributed by atoms with Gasteiger partial charge in [-0.3, -0.25) is 4.79 Å². The smallest absolute Gasteiger partial charge is 0.334 e. The molecule has 0 atom stereocenters. The van der Waals surface area contributed by atoms with Crippen molar-refractivity contribution < 1.29 is 19.4 Å². The molecule has 1 rings (SSSR count). The van der Waals surface area contributed by atoms with Gasteiger partial charge in [-0.25, -0.2) is 4.79 Å². The van der Waals surface area contributed by atoms with Crippen molar-refractivity contribution in [1.29, 1.82) is 0 Å². The number of carboxylic acid groups (broad SMARTS) is 1. The average molecular weight is 212 g/mol. The molecule has 1 aliphatic carbocycles. The molecule has 1 fully saturated rings. The standard InChI is InChI=1S/C11H16O4/c1-8(10(12)13)7-15-11(14)9-5-3-2-4-6-9/h9H,1-7H2,(H,12,13). The molecule has 1 aliphatic rings. The van der Waals surface area contributed by atoms with Crippen molar-refractivity contribution in [3.05, 3.63) is 12.2 Å². The lowest BCUT2D eigenvalue weighted by atomic mass is 9.89. The van der Waals surface area contributed by atoms with Crippen LogP contribution < -0.4 is 0 Å². The van der Waals surface area contributed by atoms with Crippen LogP contribution in [0.4, 0.5) is 0 Å². The van der Waals surface area contributed by atoms with Crippen molar-refractivity contribution in [1.82, 2.24) is 0 Å². The molecule has 4 heteroatoms. The fraction of sp³-hybridized carbons (Fsp3) is 0.636. The van der Waals surface area contributed by atoms with E-state index in [4.69, 9.17) is 9.84 Å². The molecular formula is C11H16O4. The number of rotatable bonds is 4. The highest BCUT2D eigenvalue weighted by atomic mass is 16.5. The molecule has 0 amide bonds. The van der Waals surface area contributed by atoms with E-state index >= 15 is 0 Å². The highest BCUT2D eigenvalue weighted by Crippen LogP contribution is 2.24. The first-order chi connectivity index (χ1) is 7.11. The van der Waals surface area contributed by atoms with Crippen molar-refractivity contribution in [3.8, 4) is 0 Å². The van der Waals surface area contributed by atoms with Gasteiger partial charge in [0.05, 0.1) is 11.5 Å². The Hall–Kier alpha value is -1.32. The molecule has 0 radical (unpaired) electrons. The lowest BCUT2D eigenvalue weighted by Gasteiger charge is -2.19. The summed E-state index contributed by atoms with van der Waals surface area (Å²) in [6, 6.07) is 0. The minimum Gasteiger partial charge on any atom is -0.478 e. The highest BCUT2D eigenvalue weighted by molar-refractivity contribution is 5.86. The molecule has 0 saturated heterocycles. The summed E-state index contributed by atoms with van der Waals surface area (Å²) < 4.78 is 4.89. The Morgan fingerprint density at radius 1 is 1.27 bits per heavy atom. The summed E-state index contributed by atoms with van der Waals surface area (Å²) in [7, 11) is 0. The van der Waals surface area contributed by atoms with Gasteiger partial charge in [-0.2, -0.15) is 0 Å². The van der Waals surface area contributed by atoms with Crippen molar-refractivity contribution in [2.45, 2.75) is 32.1 Å². The zero-order valence-corrected chi connectivity index (χ0v) is 8.70. The van der Waals surface area contributed by atoms with Crippen LogP contribution in [-0.4, -0.2) is 23.7 Å². The zero-order valence-electron chi connectivity index (χ0n) is 8.70. The molecule has 15 heavy (non-hydrogen) atoms. The molecular weight excluding hydrogens is 196 g/mol. The monoisotopic (exact) mass is 212 g/mol. The average Bonchev–Trinajstić information content (AvgIpc) is 2.26. The lowest BCUT2D eigenvalue weighted by molar-refractivity contribution is -0.149. The third-order valence-corrected chi connectivity index (χ3v) is 2.63. The SMILES string of the molecule is C=C(COC(=O)C1CCCCC1)C(=O)O. The quantitative estimate of drug-likeness (QED) is 0.569. The van der Waals surface area contributed by atoms with E-state index in [2.05, 4.69) is 6.58 Å². The molecule has 0 heterocycles. The number of ether oxygens (including phenoxy) is 1. The van der Waals surface area contributed by atoms with Crippen LogP contribution >= 0.6 is 0 Å². The van der Waals surface area contributed by atoms with Crippen LogP contribution in [0.25, 0.3) is 0 Å². The molecule has 84 valence electrons. The zero-order chi connectivity index (χ0) is 11.3. The van der Waals surface area contributed by atoms with Gasteiger partial charge < -0.3 is 9.84 Å². The first-order valence-electron chi connectivity index (χ1n) is 5.19. The summed E-state index contributed by atoms with van der Waals surface area (Å²) in [5.41, 5.74) is -0.0841. The van der Waals surface area contributed by atoms with Gasteiger partial charge in [0.2, 0.25) is 0 Å². The Bertz CT molecular complexity index is 264. The minimum atomic E-state index is -1.12. The van der Waals surface area contributed by atoms with Gasteiger partial charge in [-0.1, -0.05) is 25.8 Å². The first kappa shape index (κ1) is 11.8. The largest absolute Gasteiger partial charge is 0.478 e. The van der Waals surface area contributed by atoms with Crippen LogP contribution in [0.2, 0.25) is 0 Å². The van der Waals surface area contributed by atoms with E-state index in [0.717, 1.165) is 25.7 Å². The van der Waals surface area contributed by atoms with E-state index in [1.807, 2.05) is 0 Å². The molecule has 0 aromatic carbocycles. The Balaban J connectivity index is 2.28. The fourth-order valence-corrected chi connectivity index (χ4v) is 1.68. The molecule has 0 aliphatic heterocycles. The van der Waals surface area contributed by atoms with Gasteiger partial charge in [-0.15, -0.1) is 0 Å². The van der Waals surface area contributed by atoms with Crippen LogP contribution in [0.1, 0.15) is 32.1 Å². The molecule has 1 saturated carbocycles. The maximum atomic E-state index is 11.5. The van der Waals surface area contributed by atoms with Gasteiger partial charge in [0.1, 0.15) is 6.61 Å². The molecule has 0 unspecified atom stereocenters. The molecule has 0 bridgehead atoms. The second-order valence-corrected chi connectivity index (χ2v) is 3.85. The Morgan fingerprint density at radius 2 is 1.87 bits per heavy atom. The second kappa shape index (κ2) is 5.53. The third kappa shape index (κ3) is 3.73. The van der Waals surface area contributed by atoms with E-state index in [9.17, 15) is 9.59 Å². The number of hydrogen-bond donors (Lipinski definition) is 1. The number of carbonyl (C=O) groups is 2. The number of esters is 1. The summed E-state index contributed by atoms with van der Waals surface area (Å²) in [6.45, 7) is 3.09. The van der Waals surface area contributed by atoms with Crippen LogP contribution in [0.3, 0.4) is 0 Å². The van der Waals surface area contributed by atoms with Crippen LogP contribution in [0.5, 0.6) is 0 Å². The third-order valence-electron chi connectivity index (χ3n) is 2.63. The van der Waals surface area contributed by atoms with Crippen LogP contribution in [0.15, 0.2) is 12.2 Å². The lowest BCUT2D eigenvalue weighted by Crippen LogP contribution is -2.22. The van der Waals surface area contributed by atoms with Crippen molar-refractivity contribution >= 4 is 11.9 Å². The van der Waals surface area contributed by atoms with Gasteiger partial charge >= 0.3 is 11.9 Å². The second-order valence-electron chi connectivity index (χ2n) is 3.85. The normalized spacial score (nSPS) is 17.1. The predicted molar refractivity (Wildman–Crippen MR) is 54.3 cm³/mol. The molecule has 0 spiro atoms. The van der Waals surface area contributed by atoms with E-state index in [-0.39, 0.29) is 24.1 Å². The van der Waals surface area contributed by atoms with E-state index < -0.39 is 5.97 Å². The van der Waals surface area contributed by atoms with Crippen LogP contribution in [0, 0.1) is 5.92 Å². The van der Waals surface area contributed by atoms with Gasteiger partial charge in [0, 0.05) is 0 Å². The topological polar surface area (TPSA) is 63.6 Å². The Labute approximate surface area is 88.9 Å². The minimum absolute atomic E-state index is 0.0413. The van der Waals surface area contributed by atoms with E-state index in [0.29, 0.717) is 0 Å². The molecule has 0 aromatic rings. The van der Waals surface area contributed by atoms with Gasteiger partial charge in [-0.05, 0) is 12.8 Å². The highest BCUT2D eigenvalue weighted by Gasteiger charge is 2.22. The number of carboxylic acids is 1. The van der Waals surface area contributed by atoms with Crippen molar-refractivity contribution in [2.75, 3.05) is 6.61 Å². The first-order valence-corrected chi connectivity index (χ1v) is 5.19. The molecule has 1 N–H and O–H groups in total. The Kier molecular flexibility index (Phi) is 4.34. The van der Waals surface area contributed by atoms with Gasteiger partial charge in [0.25, 0.3) is 0 Å². The molecule has 4 nitrogen and oxygen atoms in total. The maximum Gasteiger partial charge on any atom is 0.334 e. The fourth-order valence-electron chi connectivity index (χ4n) is 1.68. The Morgan fingerprint density at radius 3 is 2.40 bits per heavy atom. The van der Waals surface area contributed by atoms with Crippen molar-refractivity contribution in [3.63, 3.8) is 0 Å². The van der Waals surface area contributed by atoms with Crippen molar-refractivity contribution in [2.24, 2.45) is 5.92 Å². The number of aliphatic carboxylic acids is 1. The summed E-state index contributed by atoms with van der Waals surface area (Å²) in [5, 5.41) is 8.51.